The zero-order valence-corrected chi connectivity index (χ0v) is 17.5. The summed E-state index contributed by atoms with van der Waals surface area (Å²) in [5, 5.41) is 2.97. The number of nitrogens with one attached hydrogen (secondary N) is 1. The summed E-state index contributed by atoms with van der Waals surface area (Å²) in [5.74, 6) is 1.37. The molecule has 0 aliphatic carbocycles. The van der Waals surface area contributed by atoms with Gasteiger partial charge in [0, 0.05) is 24.2 Å². The highest BCUT2D eigenvalue weighted by molar-refractivity contribution is 5.92. The van der Waals surface area contributed by atoms with Gasteiger partial charge in [-0.25, -0.2) is 4.98 Å². The van der Waals surface area contributed by atoms with E-state index in [0.29, 0.717) is 17.2 Å². The quantitative estimate of drug-likeness (QED) is 0.575. The molecule has 1 amide bonds. The first-order valence-electron chi connectivity index (χ1n) is 9.42. The topological polar surface area (TPSA) is 74.6 Å². The van der Waals surface area contributed by atoms with Crippen LogP contribution in [0.1, 0.15) is 24.1 Å². The molecule has 0 fully saturated rings. The van der Waals surface area contributed by atoms with Gasteiger partial charge in [-0.05, 0) is 48.4 Å². The fourth-order valence-electron chi connectivity index (χ4n) is 3.06. The summed E-state index contributed by atoms with van der Waals surface area (Å²) < 4.78 is 17.9. The molecule has 0 saturated carbocycles. The van der Waals surface area contributed by atoms with Gasteiger partial charge in [0.15, 0.2) is 11.5 Å². The summed E-state index contributed by atoms with van der Waals surface area (Å²) in [6, 6.07) is 11.4. The first-order chi connectivity index (χ1) is 14.5. The van der Waals surface area contributed by atoms with E-state index in [1.54, 1.807) is 52.1 Å². The Morgan fingerprint density at radius 1 is 1.07 bits per heavy atom. The van der Waals surface area contributed by atoms with Gasteiger partial charge in [-0.1, -0.05) is 12.1 Å². The average Bonchev–Trinajstić information content (AvgIpc) is 3.31. The number of benzene rings is 2. The van der Waals surface area contributed by atoms with E-state index < -0.39 is 0 Å². The molecule has 0 aliphatic heterocycles. The van der Waals surface area contributed by atoms with Crippen LogP contribution in [0, 0.1) is 0 Å². The lowest BCUT2D eigenvalue weighted by molar-refractivity contribution is -0.117. The van der Waals surface area contributed by atoms with Gasteiger partial charge in [-0.3, -0.25) is 4.79 Å². The molecule has 1 N–H and O–H groups in total. The van der Waals surface area contributed by atoms with Crippen molar-refractivity contribution < 1.29 is 19.0 Å². The highest BCUT2D eigenvalue weighted by atomic mass is 16.5. The van der Waals surface area contributed by atoms with E-state index >= 15 is 0 Å². The van der Waals surface area contributed by atoms with E-state index in [-0.39, 0.29) is 11.9 Å². The molecule has 0 saturated heterocycles. The van der Waals surface area contributed by atoms with E-state index in [1.807, 2.05) is 42.0 Å². The summed E-state index contributed by atoms with van der Waals surface area (Å²) in [5.41, 5.74) is 2.78. The Labute approximate surface area is 175 Å². The number of carbonyl (C=O) groups is 1. The van der Waals surface area contributed by atoms with Crippen LogP contribution in [0.5, 0.6) is 17.2 Å². The van der Waals surface area contributed by atoms with Crippen molar-refractivity contribution in [3.63, 3.8) is 0 Å². The monoisotopic (exact) mass is 407 g/mol. The van der Waals surface area contributed by atoms with Crippen LogP contribution in [0.4, 0.5) is 0 Å². The fraction of sp³-hybridized carbons (Fsp3) is 0.217. The van der Waals surface area contributed by atoms with Gasteiger partial charge in [0.2, 0.25) is 11.7 Å². The maximum Gasteiger partial charge on any atom is 0.244 e. The second kappa shape index (κ2) is 9.65. The molecule has 156 valence electrons. The van der Waals surface area contributed by atoms with Gasteiger partial charge in [0.05, 0.1) is 33.7 Å². The Morgan fingerprint density at radius 3 is 2.27 bits per heavy atom. The van der Waals surface area contributed by atoms with E-state index in [0.717, 1.165) is 16.8 Å². The zero-order valence-electron chi connectivity index (χ0n) is 17.5. The molecule has 0 spiro atoms. The van der Waals surface area contributed by atoms with Crippen LogP contribution >= 0.6 is 0 Å². The Kier molecular flexibility index (Phi) is 6.75. The molecule has 1 atom stereocenters. The number of rotatable bonds is 8. The van der Waals surface area contributed by atoms with Gasteiger partial charge < -0.3 is 24.1 Å². The summed E-state index contributed by atoms with van der Waals surface area (Å²) in [6.07, 6.45) is 8.55. The Morgan fingerprint density at radius 2 is 1.73 bits per heavy atom. The lowest BCUT2D eigenvalue weighted by atomic mass is 10.1. The van der Waals surface area contributed by atoms with Crippen LogP contribution in [0.3, 0.4) is 0 Å². The molecule has 0 bridgehead atoms. The maximum atomic E-state index is 12.4. The van der Waals surface area contributed by atoms with E-state index in [2.05, 4.69) is 10.3 Å². The van der Waals surface area contributed by atoms with Crippen molar-refractivity contribution in [2.24, 2.45) is 0 Å². The molecule has 7 nitrogen and oxygen atoms in total. The number of carbonyl (C=O) groups excluding carboxylic acids is 1. The number of amides is 1. The number of ether oxygens (including phenoxy) is 3. The van der Waals surface area contributed by atoms with Gasteiger partial charge in [-0.15, -0.1) is 0 Å². The third kappa shape index (κ3) is 4.81. The van der Waals surface area contributed by atoms with E-state index in [1.165, 1.54) is 6.08 Å². The predicted molar refractivity (Wildman–Crippen MR) is 115 cm³/mol. The molecule has 1 aromatic heterocycles. The normalized spacial score (nSPS) is 11.9. The van der Waals surface area contributed by atoms with Crippen molar-refractivity contribution in [3.05, 3.63) is 72.3 Å². The van der Waals surface area contributed by atoms with Crippen LogP contribution in [0.15, 0.2) is 61.2 Å². The van der Waals surface area contributed by atoms with Crippen LogP contribution < -0.4 is 19.5 Å². The second-order valence-corrected chi connectivity index (χ2v) is 6.58. The van der Waals surface area contributed by atoms with Crippen LogP contribution in [0.2, 0.25) is 0 Å². The van der Waals surface area contributed by atoms with Gasteiger partial charge >= 0.3 is 0 Å². The lowest BCUT2D eigenvalue weighted by Gasteiger charge is -2.14. The number of aromatic nitrogens is 2. The second-order valence-electron chi connectivity index (χ2n) is 6.58. The van der Waals surface area contributed by atoms with Crippen molar-refractivity contribution in [1.29, 1.82) is 0 Å². The molecule has 0 radical (unpaired) electrons. The zero-order chi connectivity index (χ0) is 21.5. The van der Waals surface area contributed by atoms with Crippen molar-refractivity contribution in [2.45, 2.75) is 13.0 Å². The smallest absolute Gasteiger partial charge is 0.244 e. The van der Waals surface area contributed by atoms with Gasteiger partial charge in [0.1, 0.15) is 0 Å². The van der Waals surface area contributed by atoms with Crippen molar-refractivity contribution in [1.82, 2.24) is 14.9 Å². The average molecular weight is 407 g/mol. The minimum Gasteiger partial charge on any atom is -0.493 e. The number of methoxy groups -OCH3 is 3. The standard InChI is InChI=1S/C23H25N3O4/c1-16(18-6-8-19(9-7-18)26-12-11-24-15-26)25-22(27)10-5-17-13-20(28-2)23(30-4)21(14-17)29-3/h5-16H,1-4H3,(H,25,27). The number of hydrogen-bond acceptors (Lipinski definition) is 5. The lowest BCUT2D eigenvalue weighted by Crippen LogP contribution is -2.24. The largest absolute Gasteiger partial charge is 0.493 e. The van der Waals surface area contributed by atoms with Crippen LogP contribution in [-0.4, -0.2) is 36.8 Å². The maximum absolute atomic E-state index is 12.4. The Bertz CT molecular complexity index is 986. The minimum absolute atomic E-state index is 0.140. The number of nitrogens with zero attached hydrogens (tertiary/aromatic N) is 2. The summed E-state index contributed by atoms with van der Waals surface area (Å²) >= 11 is 0. The highest BCUT2D eigenvalue weighted by Gasteiger charge is 2.12. The van der Waals surface area contributed by atoms with Gasteiger partial charge in [-0.2, -0.15) is 0 Å². The highest BCUT2D eigenvalue weighted by Crippen LogP contribution is 2.38. The van der Waals surface area contributed by atoms with E-state index in [9.17, 15) is 4.79 Å². The fourth-order valence-corrected chi connectivity index (χ4v) is 3.06. The molecule has 30 heavy (non-hydrogen) atoms. The molecular formula is C23H25N3O4. The Balaban J connectivity index is 1.67. The first-order valence-corrected chi connectivity index (χ1v) is 9.42. The van der Waals surface area contributed by atoms with Crippen LogP contribution in [0.25, 0.3) is 11.8 Å². The third-order valence-electron chi connectivity index (χ3n) is 4.67. The molecule has 1 heterocycles. The van der Waals surface area contributed by atoms with Crippen molar-refractivity contribution in [2.75, 3.05) is 21.3 Å². The molecule has 3 rings (SSSR count). The number of hydrogen-bond donors (Lipinski definition) is 1. The van der Waals surface area contributed by atoms with Crippen LogP contribution in [-0.2, 0) is 4.79 Å². The van der Waals surface area contributed by atoms with Gasteiger partial charge in [0.25, 0.3) is 0 Å². The molecule has 7 heteroatoms. The molecule has 1 unspecified atom stereocenters. The van der Waals surface area contributed by atoms with Crippen molar-refractivity contribution >= 4 is 12.0 Å². The summed E-state index contributed by atoms with van der Waals surface area (Å²) in [4.78, 5) is 16.4. The van der Waals surface area contributed by atoms with Crippen molar-refractivity contribution in [3.8, 4) is 22.9 Å². The SMILES string of the molecule is COc1cc(C=CC(=O)NC(C)c2ccc(-n3ccnc3)cc2)cc(OC)c1OC. The predicted octanol–water partition coefficient (Wildman–Crippen LogP) is 3.79. The Hall–Kier alpha value is -3.74. The minimum atomic E-state index is -0.199. The molecule has 2 aromatic carbocycles. The third-order valence-corrected chi connectivity index (χ3v) is 4.67. The number of imidazole rings is 1. The first kappa shape index (κ1) is 21.0. The molecule has 3 aromatic rings. The molecular weight excluding hydrogens is 382 g/mol. The van der Waals surface area contributed by atoms with E-state index in [4.69, 9.17) is 14.2 Å². The summed E-state index contributed by atoms with van der Waals surface area (Å²) in [6.45, 7) is 1.94. The molecule has 0 aliphatic rings. The summed E-state index contributed by atoms with van der Waals surface area (Å²) in [7, 11) is 4.65.